The Hall–Kier alpha value is -0.680. The first kappa shape index (κ1) is 8.42. The van der Waals surface area contributed by atoms with Crippen LogP contribution in [0.3, 0.4) is 0 Å². The molecule has 0 aromatic carbocycles. The molecule has 1 aromatic rings. The third-order valence-electron chi connectivity index (χ3n) is 1.38. The Morgan fingerprint density at radius 2 is 2.27 bits per heavy atom. The van der Waals surface area contributed by atoms with Crippen molar-refractivity contribution in [3.05, 3.63) is 6.20 Å². The number of rotatable bonds is 2. The van der Waals surface area contributed by atoms with Crippen molar-refractivity contribution < 1.29 is 0 Å². The van der Waals surface area contributed by atoms with E-state index in [-0.39, 0.29) is 0 Å². The number of nitrogens with two attached hydrogens (primary N) is 2. The van der Waals surface area contributed by atoms with Crippen molar-refractivity contribution in [2.75, 3.05) is 5.73 Å². The molecule has 0 radical (unpaired) electrons. The van der Waals surface area contributed by atoms with Crippen molar-refractivity contribution >= 4 is 17.8 Å². The van der Waals surface area contributed by atoms with Crippen LogP contribution in [0.5, 0.6) is 0 Å². The summed E-state index contributed by atoms with van der Waals surface area (Å²) in [4.78, 5) is 0.832. The maximum atomic E-state index is 5.56. The molecule has 1 aromatic heterocycles. The first-order valence-corrected chi connectivity index (χ1v) is 4.24. The predicted molar refractivity (Wildman–Crippen MR) is 47.1 cm³/mol. The van der Waals surface area contributed by atoms with Crippen LogP contribution in [0.15, 0.2) is 11.1 Å². The van der Waals surface area contributed by atoms with Gasteiger partial charge in [0.2, 0.25) is 0 Å². The van der Waals surface area contributed by atoms with E-state index in [0.29, 0.717) is 11.9 Å². The molecular formula is C6H12N4S. The summed E-state index contributed by atoms with van der Waals surface area (Å²) in [6.07, 6.45) is 1.85. The number of hydrogen-bond acceptors (Lipinski definition) is 4. The molecule has 0 unspecified atom stereocenters. The van der Waals surface area contributed by atoms with Gasteiger partial charge in [-0.25, -0.2) is 0 Å². The topological polar surface area (TPSA) is 69.9 Å². The second-order valence-corrected chi connectivity index (χ2v) is 3.25. The molecule has 0 amide bonds. The number of aromatic nitrogens is 2. The minimum atomic E-state index is 0.332. The highest BCUT2D eigenvalue weighted by atomic mass is 32.2. The zero-order chi connectivity index (χ0) is 8.43. The summed E-state index contributed by atoms with van der Waals surface area (Å²) in [7, 11) is 0. The molecule has 62 valence electrons. The Kier molecular flexibility index (Phi) is 2.41. The summed E-state index contributed by atoms with van der Waals surface area (Å²) in [6.45, 7) is 4.08. The Morgan fingerprint density at radius 1 is 1.64 bits per heavy atom. The van der Waals surface area contributed by atoms with E-state index in [2.05, 4.69) is 5.10 Å². The van der Waals surface area contributed by atoms with E-state index in [9.17, 15) is 0 Å². The molecule has 4 N–H and O–H groups in total. The van der Waals surface area contributed by atoms with E-state index in [1.54, 1.807) is 4.68 Å². The Balaban J connectivity index is 2.95. The highest BCUT2D eigenvalue weighted by Gasteiger charge is 2.05. The van der Waals surface area contributed by atoms with E-state index in [4.69, 9.17) is 10.9 Å². The number of nitrogen functional groups attached to an aromatic ring is 1. The van der Waals surface area contributed by atoms with Gasteiger partial charge < -0.3 is 5.73 Å². The van der Waals surface area contributed by atoms with Crippen molar-refractivity contribution in [2.24, 2.45) is 5.14 Å². The third-order valence-corrected chi connectivity index (χ3v) is 1.95. The minimum Gasteiger partial charge on any atom is -0.381 e. The second-order valence-electron chi connectivity index (χ2n) is 2.57. The molecular weight excluding hydrogens is 160 g/mol. The van der Waals surface area contributed by atoms with Gasteiger partial charge in [-0.05, 0) is 25.8 Å². The molecule has 1 heterocycles. The first-order chi connectivity index (χ1) is 5.15. The number of nitrogens with zero attached hydrogens (tertiary/aromatic N) is 2. The molecule has 4 nitrogen and oxygen atoms in total. The van der Waals surface area contributed by atoms with Gasteiger partial charge in [0.25, 0.3) is 0 Å². The SMILES string of the molecule is CC(C)n1cc(SN)c(N)n1. The molecule has 5 heteroatoms. The maximum absolute atomic E-state index is 5.56. The van der Waals surface area contributed by atoms with Crippen LogP contribution in [-0.4, -0.2) is 9.78 Å². The summed E-state index contributed by atoms with van der Waals surface area (Å²) in [5.41, 5.74) is 5.56. The average Bonchev–Trinajstić information content (AvgIpc) is 2.31. The first-order valence-electron chi connectivity index (χ1n) is 3.36. The Morgan fingerprint density at radius 3 is 2.55 bits per heavy atom. The molecule has 0 saturated heterocycles. The predicted octanol–water partition coefficient (Wildman–Crippen LogP) is 1.01. The van der Waals surface area contributed by atoms with Crippen LogP contribution >= 0.6 is 11.9 Å². The zero-order valence-corrected chi connectivity index (χ0v) is 7.43. The highest BCUT2D eigenvalue weighted by molar-refractivity contribution is 7.97. The molecule has 11 heavy (non-hydrogen) atoms. The van der Waals surface area contributed by atoms with Gasteiger partial charge in [0.15, 0.2) is 5.82 Å². The van der Waals surface area contributed by atoms with Crippen LogP contribution in [0.4, 0.5) is 5.82 Å². The van der Waals surface area contributed by atoms with Crippen molar-refractivity contribution in [1.29, 1.82) is 0 Å². The molecule has 0 spiro atoms. The highest BCUT2D eigenvalue weighted by Crippen LogP contribution is 2.20. The van der Waals surface area contributed by atoms with Gasteiger partial charge in [-0.3, -0.25) is 9.82 Å². The van der Waals surface area contributed by atoms with Crippen LogP contribution in [0, 0.1) is 0 Å². The van der Waals surface area contributed by atoms with Crippen LogP contribution in [0.25, 0.3) is 0 Å². The normalized spacial score (nSPS) is 10.9. The summed E-state index contributed by atoms with van der Waals surface area (Å²) >= 11 is 1.13. The zero-order valence-electron chi connectivity index (χ0n) is 6.61. The lowest BCUT2D eigenvalue weighted by atomic mass is 10.4. The van der Waals surface area contributed by atoms with Crippen LogP contribution in [0.2, 0.25) is 0 Å². The number of hydrogen-bond donors (Lipinski definition) is 2. The molecule has 0 aliphatic rings. The second kappa shape index (κ2) is 3.15. The summed E-state index contributed by atoms with van der Waals surface area (Å²) in [5.74, 6) is 0.506. The molecule has 0 bridgehead atoms. The van der Waals surface area contributed by atoms with Gasteiger partial charge in [0.1, 0.15) is 0 Å². The van der Waals surface area contributed by atoms with Crippen LogP contribution in [0.1, 0.15) is 19.9 Å². The average molecular weight is 172 g/mol. The molecule has 1 rings (SSSR count). The van der Waals surface area contributed by atoms with Crippen LogP contribution < -0.4 is 10.9 Å². The van der Waals surface area contributed by atoms with Gasteiger partial charge in [0.05, 0.1) is 4.90 Å². The third kappa shape index (κ3) is 1.66. The lowest BCUT2D eigenvalue weighted by Gasteiger charge is -2.02. The monoisotopic (exact) mass is 172 g/mol. The molecule has 0 atom stereocenters. The fraction of sp³-hybridized carbons (Fsp3) is 0.500. The van der Waals surface area contributed by atoms with Gasteiger partial charge in [-0.15, -0.1) is 0 Å². The van der Waals surface area contributed by atoms with Crippen molar-refractivity contribution in [1.82, 2.24) is 9.78 Å². The number of anilines is 1. The summed E-state index contributed by atoms with van der Waals surface area (Å²) < 4.78 is 1.80. The van der Waals surface area contributed by atoms with Crippen molar-refractivity contribution in [3.63, 3.8) is 0 Å². The van der Waals surface area contributed by atoms with Gasteiger partial charge in [0, 0.05) is 12.2 Å². The fourth-order valence-electron chi connectivity index (χ4n) is 0.744. The van der Waals surface area contributed by atoms with E-state index in [1.165, 1.54) is 0 Å². The van der Waals surface area contributed by atoms with E-state index in [0.717, 1.165) is 16.8 Å². The standard InChI is InChI=1S/C6H12N4S/c1-4(2)10-3-5(11-8)6(7)9-10/h3-4H,8H2,1-2H3,(H2,7,9). The van der Waals surface area contributed by atoms with E-state index in [1.807, 2.05) is 20.0 Å². The molecule has 0 fully saturated rings. The summed E-state index contributed by atoms with van der Waals surface area (Å²) in [6, 6.07) is 0.332. The quantitative estimate of drug-likeness (QED) is 0.653. The summed E-state index contributed by atoms with van der Waals surface area (Å²) in [5, 5.41) is 9.42. The van der Waals surface area contributed by atoms with Gasteiger partial charge in [-0.2, -0.15) is 5.10 Å². The lowest BCUT2D eigenvalue weighted by molar-refractivity contribution is 0.533. The molecule has 0 aliphatic carbocycles. The largest absolute Gasteiger partial charge is 0.381 e. The van der Waals surface area contributed by atoms with Crippen molar-refractivity contribution in [3.8, 4) is 0 Å². The molecule has 0 aliphatic heterocycles. The fourth-order valence-corrected chi connectivity index (χ4v) is 1.07. The Bertz CT molecular complexity index is 243. The van der Waals surface area contributed by atoms with Gasteiger partial charge in [-0.1, -0.05) is 0 Å². The lowest BCUT2D eigenvalue weighted by Crippen LogP contribution is -2.01. The van der Waals surface area contributed by atoms with Gasteiger partial charge >= 0.3 is 0 Å². The molecule has 0 saturated carbocycles. The van der Waals surface area contributed by atoms with Crippen molar-refractivity contribution in [2.45, 2.75) is 24.8 Å². The Labute approximate surface area is 70.1 Å². The maximum Gasteiger partial charge on any atom is 0.160 e. The smallest absolute Gasteiger partial charge is 0.160 e. The minimum absolute atomic E-state index is 0.332. The van der Waals surface area contributed by atoms with Crippen LogP contribution in [-0.2, 0) is 0 Å². The van der Waals surface area contributed by atoms with E-state index >= 15 is 0 Å². The van der Waals surface area contributed by atoms with E-state index < -0.39 is 0 Å².